The molecule has 0 rings (SSSR count). The Balaban J connectivity index is 3.60. The summed E-state index contributed by atoms with van der Waals surface area (Å²) in [5.41, 5.74) is 0. The van der Waals surface area contributed by atoms with E-state index in [1.54, 1.807) is 0 Å². The standard InChI is InChI=1S/C33H64NO8P/c1-3-5-7-9-10-11-12-13-14-15-16-17-18-19-20-22-24-26-33(37)40-29-31(35)30-42-43(38,39)41-28-27-34-32(36)25-23-21-8-6-4-2/h13-14,31,35H,3-12,15-30H2,1-2H3,(H,34,36)(H,38,39)/b14-13-. The molecule has 0 aromatic heterocycles. The van der Waals surface area contributed by atoms with Crippen molar-refractivity contribution >= 4 is 19.7 Å². The zero-order valence-electron chi connectivity index (χ0n) is 27.4. The highest BCUT2D eigenvalue weighted by Gasteiger charge is 2.23. The van der Waals surface area contributed by atoms with Crippen LogP contribution in [0.3, 0.4) is 0 Å². The number of rotatable bonds is 32. The number of hydrogen-bond acceptors (Lipinski definition) is 7. The molecule has 9 nitrogen and oxygen atoms in total. The molecule has 0 bridgehead atoms. The molecule has 0 radical (unpaired) electrons. The summed E-state index contributed by atoms with van der Waals surface area (Å²) in [6.45, 7) is 3.44. The van der Waals surface area contributed by atoms with Crippen molar-refractivity contribution in [3.63, 3.8) is 0 Å². The second-order valence-electron chi connectivity index (χ2n) is 11.5. The van der Waals surface area contributed by atoms with Crippen LogP contribution < -0.4 is 5.32 Å². The van der Waals surface area contributed by atoms with Gasteiger partial charge in [0.05, 0.1) is 13.2 Å². The highest BCUT2D eigenvalue weighted by Crippen LogP contribution is 2.42. The van der Waals surface area contributed by atoms with Gasteiger partial charge in [0.15, 0.2) is 0 Å². The maximum Gasteiger partial charge on any atom is 0.472 e. The van der Waals surface area contributed by atoms with Crippen LogP contribution in [-0.2, 0) is 27.9 Å². The number of phosphoric acid groups is 1. The van der Waals surface area contributed by atoms with Crippen LogP contribution in [0.15, 0.2) is 12.2 Å². The number of carbonyl (C=O) groups is 2. The number of esters is 1. The van der Waals surface area contributed by atoms with E-state index in [0.29, 0.717) is 6.42 Å². The molecule has 254 valence electrons. The third-order valence-electron chi connectivity index (χ3n) is 7.20. The molecule has 0 heterocycles. The van der Waals surface area contributed by atoms with Crippen LogP contribution in [0, 0.1) is 0 Å². The quantitative estimate of drug-likeness (QED) is 0.0292. The van der Waals surface area contributed by atoms with Gasteiger partial charge in [-0.25, -0.2) is 4.57 Å². The molecular formula is C33H64NO8P. The van der Waals surface area contributed by atoms with Crippen molar-refractivity contribution in [1.82, 2.24) is 5.32 Å². The Labute approximate surface area is 262 Å². The molecule has 0 aliphatic heterocycles. The maximum absolute atomic E-state index is 11.9. The van der Waals surface area contributed by atoms with Gasteiger partial charge < -0.3 is 20.1 Å². The van der Waals surface area contributed by atoms with Gasteiger partial charge in [0.2, 0.25) is 5.91 Å². The SMILES string of the molecule is CCCCCCCC/C=C\CCCCCCCCCC(=O)OCC(O)COP(=O)(O)OCCNC(=O)CCCCCCC. The second kappa shape index (κ2) is 30.8. The Bertz CT molecular complexity index is 734. The van der Waals surface area contributed by atoms with E-state index in [2.05, 4.69) is 31.3 Å². The van der Waals surface area contributed by atoms with Crippen molar-refractivity contribution in [3.05, 3.63) is 12.2 Å². The van der Waals surface area contributed by atoms with Crippen molar-refractivity contribution in [3.8, 4) is 0 Å². The number of nitrogens with one attached hydrogen (secondary N) is 1. The number of hydrogen-bond donors (Lipinski definition) is 3. The molecule has 0 aliphatic rings. The number of amides is 1. The fraction of sp³-hybridized carbons (Fsp3) is 0.879. The summed E-state index contributed by atoms with van der Waals surface area (Å²) in [4.78, 5) is 33.4. The third-order valence-corrected chi connectivity index (χ3v) is 8.18. The molecule has 0 aliphatic carbocycles. The minimum atomic E-state index is -4.39. The van der Waals surface area contributed by atoms with Crippen LogP contribution in [0.2, 0.25) is 0 Å². The lowest BCUT2D eigenvalue weighted by Crippen LogP contribution is -2.27. The summed E-state index contributed by atoms with van der Waals surface area (Å²) in [5.74, 6) is -0.532. The lowest BCUT2D eigenvalue weighted by molar-refractivity contribution is -0.147. The van der Waals surface area contributed by atoms with Gasteiger partial charge in [-0.3, -0.25) is 18.6 Å². The van der Waals surface area contributed by atoms with Crippen molar-refractivity contribution in [2.24, 2.45) is 0 Å². The largest absolute Gasteiger partial charge is 0.472 e. The zero-order chi connectivity index (χ0) is 31.9. The van der Waals surface area contributed by atoms with E-state index in [1.165, 1.54) is 77.0 Å². The molecule has 0 spiro atoms. The van der Waals surface area contributed by atoms with Gasteiger partial charge >= 0.3 is 13.8 Å². The highest BCUT2D eigenvalue weighted by molar-refractivity contribution is 7.47. The Kier molecular flexibility index (Phi) is 29.9. The first-order chi connectivity index (χ1) is 20.8. The minimum Gasteiger partial charge on any atom is -0.463 e. The summed E-state index contributed by atoms with van der Waals surface area (Å²) in [6.07, 6.45) is 27.5. The van der Waals surface area contributed by atoms with Crippen LogP contribution >= 0.6 is 7.82 Å². The molecule has 2 unspecified atom stereocenters. The average Bonchev–Trinajstić information content (AvgIpc) is 2.98. The predicted octanol–water partition coefficient (Wildman–Crippen LogP) is 8.32. The Hall–Kier alpha value is -1.25. The number of ether oxygens (including phenoxy) is 1. The zero-order valence-corrected chi connectivity index (χ0v) is 28.3. The Morgan fingerprint density at radius 3 is 1.74 bits per heavy atom. The normalized spacial score (nSPS) is 13.7. The maximum atomic E-state index is 11.9. The van der Waals surface area contributed by atoms with Gasteiger partial charge in [-0.1, -0.05) is 116 Å². The molecule has 2 atom stereocenters. The van der Waals surface area contributed by atoms with Crippen LogP contribution in [0.25, 0.3) is 0 Å². The molecule has 3 N–H and O–H groups in total. The van der Waals surface area contributed by atoms with Crippen LogP contribution in [0.5, 0.6) is 0 Å². The monoisotopic (exact) mass is 633 g/mol. The summed E-state index contributed by atoms with van der Waals surface area (Å²) < 4.78 is 26.5. The number of aliphatic hydroxyl groups is 1. The molecule has 1 amide bonds. The van der Waals surface area contributed by atoms with Crippen LogP contribution in [-0.4, -0.2) is 54.3 Å². The molecule has 10 heteroatoms. The summed E-state index contributed by atoms with van der Waals surface area (Å²) >= 11 is 0. The first kappa shape index (κ1) is 41.8. The minimum absolute atomic E-state index is 0.0822. The smallest absolute Gasteiger partial charge is 0.463 e. The van der Waals surface area contributed by atoms with E-state index in [-0.39, 0.29) is 32.1 Å². The predicted molar refractivity (Wildman–Crippen MR) is 174 cm³/mol. The van der Waals surface area contributed by atoms with Gasteiger partial charge in [0.25, 0.3) is 0 Å². The number of carbonyl (C=O) groups excluding carboxylic acids is 2. The highest BCUT2D eigenvalue weighted by atomic mass is 31.2. The molecule has 43 heavy (non-hydrogen) atoms. The van der Waals surface area contributed by atoms with Crippen LogP contribution in [0.4, 0.5) is 0 Å². The third kappa shape index (κ3) is 32.0. The molecule has 0 fully saturated rings. The number of allylic oxidation sites excluding steroid dienone is 2. The molecule has 0 saturated heterocycles. The molecule has 0 aromatic carbocycles. The number of unbranched alkanes of at least 4 members (excludes halogenated alkanes) is 17. The second-order valence-corrected chi connectivity index (χ2v) is 12.9. The first-order valence-electron chi connectivity index (χ1n) is 17.2. The Morgan fingerprint density at radius 1 is 0.698 bits per heavy atom. The van der Waals surface area contributed by atoms with Gasteiger partial charge in [0.1, 0.15) is 12.7 Å². The fourth-order valence-electron chi connectivity index (χ4n) is 4.55. The summed E-state index contributed by atoms with van der Waals surface area (Å²) in [5, 5.41) is 12.5. The van der Waals surface area contributed by atoms with Crippen molar-refractivity contribution in [2.45, 2.75) is 161 Å². The van der Waals surface area contributed by atoms with E-state index in [4.69, 9.17) is 13.8 Å². The van der Waals surface area contributed by atoms with E-state index >= 15 is 0 Å². The number of phosphoric ester groups is 1. The lowest BCUT2D eigenvalue weighted by atomic mass is 10.1. The van der Waals surface area contributed by atoms with Crippen molar-refractivity contribution in [2.75, 3.05) is 26.4 Å². The van der Waals surface area contributed by atoms with Gasteiger partial charge in [-0.05, 0) is 38.5 Å². The van der Waals surface area contributed by atoms with Crippen molar-refractivity contribution < 1.29 is 37.9 Å². The molecular weight excluding hydrogens is 569 g/mol. The van der Waals surface area contributed by atoms with Crippen molar-refractivity contribution in [1.29, 1.82) is 0 Å². The van der Waals surface area contributed by atoms with E-state index in [9.17, 15) is 24.2 Å². The van der Waals surface area contributed by atoms with E-state index in [0.717, 1.165) is 51.4 Å². The van der Waals surface area contributed by atoms with E-state index in [1.807, 2.05) is 0 Å². The molecule has 0 aromatic rings. The topological polar surface area (TPSA) is 131 Å². The average molecular weight is 634 g/mol. The lowest BCUT2D eigenvalue weighted by Gasteiger charge is -2.15. The fourth-order valence-corrected chi connectivity index (χ4v) is 5.31. The first-order valence-corrected chi connectivity index (χ1v) is 18.7. The van der Waals surface area contributed by atoms with Gasteiger partial charge in [-0.15, -0.1) is 0 Å². The van der Waals surface area contributed by atoms with Gasteiger partial charge in [-0.2, -0.15) is 0 Å². The molecule has 0 saturated carbocycles. The number of aliphatic hydroxyl groups excluding tert-OH is 1. The van der Waals surface area contributed by atoms with Crippen LogP contribution in [0.1, 0.15) is 155 Å². The Morgan fingerprint density at radius 2 is 1.19 bits per heavy atom. The summed E-state index contributed by atoms with van der Waals surface area (Å²) in [6, 6.07) is 0. The van der Waals surface area contributed by atoms with E-state index < -0.39 is 26.5 Å². The summed E-state index contributed by atoms with van der Waals surface area (Å²) in [7, 11) is -4.39. The van der Waals surface area contributed by atoms with Gasteiger partial charge in [0, 0.05) is 19.4 Å².